The fourth-order valence-corrected chi connectivity index (χ4v) is 5.96. The summed E-state index contributed by atoms with van der Waals surface area (Å²) in [5, 5.41) is 12.3. The average Bonchev–Trinajstić information content (AvgIpc) is 3.21. The summed E-state index contributed by atoms with van der Waals surface area (Å²) in [5.41, 5.74) is 0. The number of aromatic amines is 1. The molecule has 8 nitrogen and oxygen atoms in total. The van der Waals surface area contributed by atoms with Crippen molar-refractivity contribution in [2.24, 2.45) is 5.92 Å². The summed E-state index contributed by atoms with van der Waals surface area (Å²) >= 11 is 1.46. The van der Waals surface area contributed by atoms with Crippen LogP contribution in [-0.2, 0) is 14.8 Å². The number of amides is 1. The van der Waals surface area contributed by atoms with Gasteiger partial charge in [-0.3, -0.25) is 9.89 Å². The zero-order valence-electron chi connectivity index (χ0n) is 17.2. The van der Waals surface area contributed by atoms with Crippen molar-refractivity contribution >= 4 is 38.5 Å². The lowest BCUT2D eigenvalue weighted by Gasteiger charge is -2.31. The zero-order chi connectivity index (χ0) is 21.8. The number of hydrogen-bond donors (Lipinski definition) is 2. The molecule has 0 radical (unpaired) electrons. The number of carbonyl (C=O) groups excluding carboxylic acids is 1. The van der Waals surface area contributed by atoms with Crippen molar-refractivity contribution in [3.8, 4) is 0 Å². The summed E-state index contributed by atoms with van der Waals surface area (Å²) in [4.78, 5) is 17.1. The number of hydrogen-bond acceptors (Lipinski definition) is 6. The van der Waals surface area contributed by atoms with Crippen LogP contribution in [0.1, 0.15) is 18.7 Å². The van der Waals surface area contributed by atoms with Gasteiger partial charge in [-0.05, 0) is 42.7 Å². The smallest absolute Gasteiger partial charge is 0.243 e. The van der Waals surface area contributed by atoms with Gasteiger partial charge in [-0.2, -0.15) is 4.31 Å². The van der Waals surface area contributed by atoms with Crippen LogP contribution in [0.3, 0.4) is 0 Å². The van der Waals surface area contributed by atoms with Crippen LogP contribution < -0.4 is 5.32 Å². The molecule has 2 N–H and O–H groups in total. The molecule has 1 amide bonds. The highest BCUT2D eigenvalue weighted by Gasteiger charge is 2.33. The van der Waals surface area contributed by atoms with E-state index in [0.29, 0.717) is 36.8 Å². The Balaban J connectivity index is 1.35. The lowest BCUT2D eigenvalue weighted by atomic mass is 9.99. The van der Waals surface area contributed by atoms with Crippen LogP contribution in [0.2, 0.25) is 0 Å². The average molecular weight is 460 g/mol. The largest absolute Gasteiger partial charge is 0.355 e. The Labute approximate surface area is 185 Å². The number of benzene rings is 2. The van der Waals surface area contributed by atoms with E-state index in [2.05, 4.69) is 20.5 Å². The van der Waals surface area contributed by atoms with Gasteiger partial charge in [-0.1, -0.05) is 42.1 Å². The SMILES string of the molecule is Cc1nc(SCCNC(=O)[C@H]2CCCN(S(=O)(=O)c3ccc4ccccc4c3)C2)n[nH]1. The minimum Gasteiger partial charge on any atom is -0.355 e. The number of rotatable bonds is 7. The first-order chi connectivity index (χ1) is 14.9. The van der Waals surface area contributed by atoms with Crippen LogP contribution in [-0.4, -0.2) is 59.2 Å². The van der Waals surface area contributed by atoms with Crippen LogP contribution in [0, 0.1) is 12.8 Å². The first-order valence-corrected chi connectivity index (χ1v) is 12.6. The first-order valence-electron chi connectivity index (χ1n) is 10.2. The van der Waals surface area contributed by atoms with Crippen molar-refractivity contribution in [2.45, 2.75) is 29.8 Å². The van der Waals surface area contributed by atoms with E-state index in [1.807, 2.05) is 37.3 Å². The van der Waals surface area contributed by atoms with E-state index >= 15 is 0 Å². The van der Waals surface area contributed by atoms with Crippen LogP contribution in [0.15, 0.2) is 52.5 Å². The molecule has 0 saturated carbocycles. The van der Waals surface area contributed by atoms with Gasteiger partial charge in [-0.25, -0.2) is 13.4 Å². The molecule has 3 aromatic rings. The Morgan fingerprint density at radius 2 is 2.06 bits per heavy atom. The minimum atomic E-state index is -3.65. The molecule has 2 heterocycles. The molecule has 2 aromatic carbocycles. The first kappa shape index (κ1) is 21.8. The topological polar surface area (TPSA) is 108 Å². The second-order valence-corrected chi connectivity index (χ2v) is 10.6. The maximum atomic E-state index is 13.2. The molecule has 10 heteroatoms. The Morgan fingerprint density at radius 1 is 1.26 bits per heavy atom. The van der Waals surface area contributed by atoms with Gasteiger partial charge in [0.15, 0.2) is 0 Å². The Bertz CT molecular complexity index is 1180. The molecular weight excluding hydrogens is 434 g/mol. The Morgan fingerprint density at radius 3 is 2.84 bits per heavy atom. The van der Waals surface area contributed by atoms with E-state index < -0.39 is 10.0 Å². The molecule has 1 aromatic heterocycles. The van der Waals surface area contributed by atoms with Crippen LogP contribution in [0.5, 0.6) is 0 Å². The van der Waals surface area contributed by atoms with Gasteiger partial charge in [0.05, 0.1) is 10.8 Å². The normalized spacial score (nSPS) is 17.6. The number of fused-ring (bicyclic) bond motifs is 1. The standard InChI is InChI=1S/C21H25N5O3S2/c1-15-23-21(25-24-15)30-12-10-22-20(27)18-7-4-11-26(14-18)31(28,29)19-9-8-16-5-2-3-6-17(16)13-19/h2-3,5-6,8-9,13,18H,4,7,10-12,14H2,1H3,(H,22,27)(H,23,24,25)/t18-/m0/s1. The monoisotopic (exact) mass is 459 g/mol. The molecular formula is C21H25N5O3S2. The van der Waals surface area contributed by atoms with Crippen molar-refractivity contribution in [3.05, 3.63) is 48.3 Å². The number of nitrogens with zero attached hydrogens (tertiary/aromatic N) is 3. The summed E-state index contributed by atoms with van der Waals surface area (Å²) < 4.78 is 27.8. The van der Waals surface area contributed by atoms with Crippen molar-refractivity contribution in [1.82, 2.24) is 24.8 Å². The quantitative estimate of drug-likeness (QED) is 0.415. The number of piperidine rings is 1. The Hall–Kier alpha value is -2.43. The Kier molecular flexibility index (Phi) is 6.59. The minimum absolute atomic E-state index is 0.106. The molecule has 1 saturated heterocycles. The lowest BCUT2D eigenvalue weighted by Crippen LogP contribution is -2.45. The summed E-state index contributed by atoms with van der Waals surface area (Å²) in [5.74, 6) is 0.945. The van der Waals surface area contributed by atoms with Gasteiger partial charge >= 0.3 is 0 Å². The number of sulfonamides is 1. The van der Waals surface area contributed by atoms with Crippen molar-refractivity contribution in [2.75, 3.05) is 25.4 Å². The summed E-state index contributed by atoms with van der Waals surface area (Å²) in [7, 11) is -3.65. The number of aromatic nitrogens is 3. The van der Waals surface area contributed by atoms with Gasteiger partial charge in [0.1, 0.15) is 5.82 Å². The fraction of sp³-hybridized carbons (Fsp3) is 0.381. The highest BCUT2D eigenvalue weighted by atomic mass is 32.2. The molecule has 1 fully saturated rings. The van der Waals surface area contributed by atoms with Gasteiger partial charge in [-0.15, -0.1) is 5.10 Å². The highest BCUT2D eigenvalue weighted by Crippen LogP contribution is 2.26. The molecule has 4 rings (SSSR count). The molecule has 31 heavy (non-hydrogen) atoms. The highest BCUT2D eigenvalue weighted by molar-refractivity contribution is 7.99. The van der Waals surface area contributed by atoms with Crippen LogP contribution in [0.25, 0.3) is 10.8 Å². The van der Waals surface area contributed by atoms with E-state index in [0.717, 1.165) is 16.6 Å². The van der Waals surface area contributed by atoms with E-state index in [1.54, 1.807) is 12.1 Å². The predicted octanol–water partition coefficient (Wildman–Crippen LogP) is 2.58. The third-order valence-electron chi connectivity index (χ3n) is 5.32. The third-order valence-corrected chi connectivity index (χ3v) is 8.03. The molecule has 1 aliphatic heterocycles. The third kappa shape index (κ3) is 5.08. The summed E-state index contributed by atoms with van der Waals surface area (Å²) in [6.45, 7) is 2.94. The van der Waals surface area contributed by atoms with Gasteiger partial charge in [0, 0.05) is 25.4 Å². The van der Waals surface area contributed by atoms with Crippen molar-refractivity contribution < 1.29 is 13.2 Å². The number of thioether (sulfide) groups is 1. The molecule has 0 unspecified atom stereocenters. The van der Waals surface area contributed by atoms with Gasteiger partial charge < -0.3 is 5.32 Å². The molecule has 164 valence electrons. The fourth-order valence-electron chi connectivity index (χ4n) is 3.70. The molecule has 0 bridgehead atoms. The lowest BCUT2D eigenvalue weighted by molar-refractivity contribution is -0.125. The van der Waals surface area contributed by atoms with Gasteiger partial charge in [0.2, 0.25) is 21.1 Å². The number of nitrogens with one attached hydrogen (secondary N) is 2. The number of aryl methyl sites for hydroxylation is 1. The van der Waals surface area contributed by atoms with Gasteiger partial charge in [0.25, 0.3) is 0 Å². The summed E-state index contributed by atoms with van der Waals surface area (Å²) in [6, 6.07) is 12.8. The van der Waals surface area contributed by atoms with Crippen molar-refractivity contribution in [1.29, 1.82) is 0 Å². The maximum absolute atomic E-state index is 13.2. The van der Waals surface area contributed by atoms with Crippen molar-refractivity contribution in [3.63, 3.8) is 0 Å². The van der Waals surface area contributed by atoms with Crippen LogP contribution in [0.4, 0.5) is 0 Å². The molecule has 1 atom stereocenters. The zero-order valence-corrected chi connectivity index (χ0v) is 18.9. The van der Waals surface area contributed by atoms with E-state index in [-0.39, 0.29) is 23.3 Å². The predicted molar refractivity (Wildman–Crippen MR) is 120 cm³/mol. The maximum Gasteiger partial charge on any atom is 0.243 e. The second-order valence-electron chi connectivity index (χ2n) is 7.55. The molecule has 1 aliphatic rings. The van der Waals surface area contributed by atoms with E-state index in [9.17, 15) is 13.2 Å². The number of carbonyl (C=O) groups is 1. The number of H-pyrrole nitrogens is 1. The molecule has 0 spiro atoms. The van der Waals surface area contributed by atoms with E-state index in [1.165, 1.54) is 16.1 Å². The van der Waals surface area contributed by atoms with E-state index in [4.69, 9.17) is 0 Å². The second kappa shape index (κ2) is 9.37. The van der Waals surface area contributed by atoms with Crippen LogP contribution >= 0.6 is 11.8 Å². The summed E-state index contributed by atoms with van der Waals surface area (Å²) in [6.07, 6.45) is 1.35. The molecule has 0 aliphatic carbocycles.